The first-order valence-corrected chi connectivity index (χ1v) is 7.83. The van der Waals surface area contributed by atoms with Gasteiger partial charge in [0.1, 0.15) is 6.04 Å². The molecule has 0 radical (unpaired) electrons. The highest BCUT2D eigenvalue weighted by Crippen LogP contribution is 2.23. The van der Waals surface area contributed by atoms with Crippen LogP contribution >= 0.6 is 11.8 Å². The molecule has 0 aromatic rings. The summed E-state index contributed by atoms with van der Waals surface area (Å²) in [6.07, 6.45) is 4.14. The second-order valence-corrected chi connectivity index (χ2v) is 5.91. The van der Waals surface area contributed by atoms with Gasteiger partial charge in [0.05, 0.1) is 7.11 Å². The van der Waals surface area contributed by atoms with Crippen molar-refractivity contribution in [2.75, 3.05) is 32.6 Å². The summed E-state index contributed by atoms with van der Waals surface area (Å²) in [4.78, 5) is 11.6. The maximum absolute atomic E-state index is 11.6. The molecule has 106 valence electrons. The maximum Gasteiger partial charge on any atom is 0.322 e. The van der Waals surface area contributed by atoms with E-state index in [9.17, 15) is 4.79 Å². The van der Waals surface area contributed by atoms with E-state index in [1.807, 2.05) is 11.8 Å². The topological polar surface area (TPSA) is 47.6 Å². The smallest absolute Gasteiger partial charge is 0.322 e. The fourth-order valence-corrected chi connectivity index (χ4v) is 3.19. The third kappa shape index (κ3) is 6.07. The van der Waals surface area contributed by atoms with Gasteiger partial charge in [-0.05, 0) is 38.0 Å². The number of nitrogens with one attached hydrogen (secondary N) is 1. The number of carbonyl (C=O) groups is 1. The van der Waals surface area contributed by atoms with Gasteiger partial charge in [0.15, 0.2) is 0 Å². The van der Waals surface area contributed by atoms with E-state index in [1.165, 1.54) is 7.11 Å². The molecule has 0 aromatic carbocycles. The normalized spacial score (nSPS) is 18.6. The fourth-order valence-electron chi connectivity index (χ4n) is 1.96. The summed E-state index contributed by atoms with van der Waals surface area (Å²) in [6.45, 7) is 4.72. The van der Waals surface area contributed by atoms with E-state index >= 15 is 0 Å². The van der Waals surface area contributed by atoms with Crippen molar-refractivity contribution in [3.63, 3.8) is 0 Å². The van der Waals surface area contributed by atoms with Crippen molar-refractivity contribution in [2.24, 2.45) is 0 Å². The molecule has 1 atom stereocenters. The van der Waals surface area contributed by atoms with Crippen LogP contribution in [-0.2, 0) is 14.3 Å². The minimum absolute atomic E-state index is 0.143. The van der Waals surface area contributed by atoms with Crippen LogP contribution in [-0.4, -0.2) is 49.9 Å². The van der Waals surface area contributed by atoms with Gasteiger partial charge in [-0.25, -0.2) is 0 Å². The molecule has 0 aliphatic carbocycles. The van der Waals surface area contributed by atoms with Crippen LogP contribution in [0.2, 0.25) is 0 Å². The highest BCUT2D eigenvalue weighted by atomic mass is 32.2. The van der Waals surface area contributed by atoms with Gasteiger partial charge in [0.25, 0.3) is 0 Å². The second-order valence-electron chi connectivity index (χ2n) is 4.50. The Balaban J connectivity index is 2.20. The highest BCUT2D eigenvalue weighted by molar-refractivity contribution is 7.99. The summed E-state index contributed by atoms with van der Waals surface area (Å²) in [5.74, 6) is 0.859. The Morgan fingerprint density at radius 1 is 1.50 bits per heavy atom. The zero-order chi connectivity index (χ0) is 13.2. The summed E-state index contributed by atoms with van der Waals surface area (Å²) < 4.78 is 10.2. The number of methoxy groups -OCH3 is 1. The Hall–Kier alpha value is -0.260. The molecule has 1 unspecified atom stereocenters. The molecule has 1 fully saturated rings. The van der Waals surface area contributed by atoms with Crippen molar-refractivity contribution in [1.29, 1.82) is 0 Å². The van der Waals surface area contributed by atoms with Crippen molar-refractivity contribution >= 4 is 17.7 Å². The Morgan fingerprint density at radius 2 is 2.22 bits per heavy atom. The van der Waals surface area contributed by atoms with E-state index in [2.05, 4.69) is 12.2 Å². The van der Waals surface area contributed by atoms with E-state index in [1.54, 1.807) is 0 Å². The molecular formula is C13H25NO3S. The molecule has 4 nitrogen and oxygen atoms in total. The first kappa shape index (κ1) is 15.8. The first-order chi connectivity index (χ1) is 8.77. The number of ether oxygens (including phenoxy) is 2. The van der Waals surface area contributed by atoms with Crippen LogP contribution in [0.25, 0.3) is 0 Å². The quantitative estimate of drug-likeness (QED) is 0.685. The Bertz CT molecular complexity index is 232. The van der Waals surface area contributed by atoms with E-state index in [0.29, 0.717) is 5.25 Å². The van der Waals surface area contributed by atoms with Crippen LogP contribution in [0.3, 0.4) is 0 Å². The molecule has 1 aliphatic heterocycles. The van der Waals surface area contributed by atoms with Crippen molar-refractivity contribution in [3.8, 4) is 0 Å². The number of carbonyl (C=O) groups excluding carboxylic acids is 1. The van der Waals surface area contributed by atoms with Gasteiger partial charge in [-0.15, -0.1) is 0 Å². The van der Waals surface area contributed by atoms with Gasteiger partial charge in [0, 0.05) is 18.5 Å². The molecule has 1 saturated heterocycles. The lowest BCUT2D eigenvalue weighted by molar-refractivity contribution is -0.143. The Morgan fingerprint density at radius 3 is 2.83 bits per heavy atom. The van der Waals surface area contributed by atoms with E-state index < -0.39 is 0 Å². The van der Waals surface area contributed by atoms with Crippen LogP contribution in [0.15, 0.2) is 0 Å². The van der Waals surface area contributed by atoms with Gasteiger partial charge in [-0.2, -0.15) is 11.8 Å². The second kappa shape index (κ2) is 9.64. The highest BCUT2D eigenvalue weighted by Gasteiger charge is 2.19. The van der Waals surface area contributed by atoms with Crippen LogP contribution in [0.4, 0.5) is 0 Å². The van der Waals surface area contributed by atoms with Crippen molar-refractivity contribution in [2.45, 2.75) is 43.9 Å². The predicted octanol–water partition coefficient (Wildman–Crippen LogP) is 1.83. The third-order valence-corrected chi connectivity index (χ3v) is 4.47. The first-order valence-electron chi connectivity index (χ1n) is 6.78. The fraction of sp³-hybridized carbons (Fsp3) is 0.923. The van der Waals surface area contributed by atoms with Crippen LogP contribution in [0, 0.1) is 0 Å². The van der Waals surface area contributed by atoms with E-state index in [4.69, 9.17) is 9.47 Å². The molecule has 0 amide bonds. The molecule has 18 heavy (non-hydrogen) atoms. The van der Waals surface area contributed by atoms with Gasteiger partial charge in [0.2, 0.25) is 0 Å². The molecule has 0 aromatic heterocycles. The number of hydrogen-bond donors (Lipinski definition) is 1. The summed E-state index contributed by atoms with van der Waals surface area (Å²) in [5, 5.41) is 3.94. The Kier molecular flexibility index (Phi) is 8.46. The molecule has 1 aliphatic rings. The summed E-state index contributed by atoms with van der Waals surface area (Å²) in [5.41, 5.74) is 0. The van der Waals surface area contributed by atoms with Crippen LogP contribution in [0.5, 0.6) is 0 Å². The Labute approximate surface area is 114 Å². The molecule has 0 saturated carbocycles. The molecule has 0 spiro atoms. The largest absolute Gasteiger partial charge is 0.468 e. The zero-order valence-electron chi connectivity index (χ0n) is 11.4. The van der Waals surface area contributed by atoms with Crippen molar-refractivity contribution < 1.29 is 14.3 Å². The molecule has 1 rings (SSSR count). The van der Waals surface area contributed by atoms with E-state index in [-0.39, 0.29) is 12.0 Å². The van der Waals surface area contributed by atoms with Gasteiger partial charge in [-0.1, -0.05) is 6.92 Å². The number of rotatable bonds is 8. The third-order valence-electron chi connectivity index (χ3n) is 3.05. The molecule has 5 heteroatoms. The minimum atomic E-state index is -0.151. The van der Waals surface area contributed by atoms with Crippen molar-refractivity contribution in [3.05, 3.63) is 0 Å². The van der Waals surface area contributed by atoms with Gasteiger partial charge in [-0.3, -0.25) is 4.79 Å². The summed E-state index contributed by atoms with van der Waals surface area (Å²) in [7, 11) is 1.45. The van der Waals surface area contributed by atoms with Crippen LogP contribution < -0.4 is 5.32 Å². The average molecular weight is 275 g/mol. The molecule has 0 bridgehead atoms. The molecule has 1 heterocycles. The van der Waals surface area contributed by atoms with Crippen LogP contribution in [0.1, 0.15) is 32.6 Å². The monoisotopic (exact) mass is 275 g/mol. The van der Waals surface area contributed by atoms with Crippen molar-refractivity contribution in [1.82, 2.24) is 5.32 Å². The minimum Gasteiger partial charge on any atom is -0.468 e. The van der Waals surface area contributed by atoms with Gasteiger partial charge < -0.3 is 14.8 Å². The zero-order valence-corrected chi connectivity index (χ0v) is 12.3. The lowest BCUT2D eigenvalue weighted by Gasteiger charge is -2.22. The lowest BCUT2D eigenvalue weighted by Crippen LogP contribution is -2.38. The van der Waals surface area contributed by atoms with E-state index in [0.717, 1.165) is 51.2 Å². The molecule has 1 N–H and O–H groups in total. The maximum atomic E-state index is 11.6. The van der Waals surface area contributed by atoms with Gasteiger partial charge >= 0.3 is 5.97 Å². The lowest BCUT2D eigenvalue weighted by atomic mass is 10.2. The number of esters is 1. The SMILES string of the molecule is CCCNC(CCSC1CCOCC1)C(=O)OC. The summed E-state index contributed by atoms with van der Waals surface area (Å²) >= 11 is 1.96. The molecular weight excluding hydrogens is 250 g/mol. The standard InChI is InChI=1S/C13H25NO3S/c1-3-7-14-12(13(15)16-2)6-10-18-11-4-8-17-9-5-11/h11-12,14H,3-10H2,1-2H3. The average Bonchev–Trinajstić information content (AvgIpc) is 2.43. The predicted molar refractivity (Wildman–Crippen MR) is 75.0 cm³/mol. The number of thioether (sulfide) groups is 1. The summed E-state index contributed by atoms with van der Waals surface area (Å²) in [6, 6.07) is -0.151. The number of hydrogen-bond acceptors (Lipinski definition) is 5.